The Kier molecular flexibility index (Phi) is 4.34. The molecule has 21 heavy (non-hydrogen) atoms. The standard InChI is InChI=1S/C15H23N5O/c16-13(11-1-2-11)9-19-15(21)12-3-7-20(8-4-12)14-10-17-5-6-18-14/h5-6,10-13H,1-4,7-9,16H2,(H,19,21). The van der Waals surface area contributed by atoms with Crippen molar-refractivity contribution in [3.05, 3.63) is 18.6 Å². The molecule has 0 aromatic carbocycles. The topological polar surface area (TPSA) is 84.1 Å². The number of carbonyl (C=O) groups is 1. The highest BCUT2D eigenvalue weighted by Gasteiger charge is 2.30. The normalized spacial score (nSPS) is 21.1. The molecule has 1 saturated carbocycles. The number of nitrogens with zero attached hydrogens (tertiary/aromatic N) is 3. The first-order valence-electron chi connectivity index (χ1n) is 7.78. The van der Waals surface area contributed by atoms with Gasteiger partial charge in [0, 0.05) is 44.0 Å². The van der Waals surface area contributed by atoms with Crippen molar-refractivity contribution < 1.29 is 4.79 Å². The van der Waals surface area contributed by atoms with Gasteiger partial charge in [-0.05, 0) is 31.6 Å². The molecule has 1 aromatic heterocycles. The smallest absolute Gasteiger partial charge is 0.223 e. The molecule has 2 heterocycles. The van der Waals surface area contributed by atoms with E-state index in [1.54, 1.807) is 18.6 Å². The van der Waals surface area contributed by atoms with E-state index in [1.807, 2.05) is 0 Å². The second-order valence-electron chi connectivity index (χ2n) is 6.07. The van der Waals surface area contributed by atoms with Crippen LogP contribution in [0.15, 0.2) is 18.6 Å². The lowest BCUT2D eigenvalue weighted by Crippen LogP contribution is -2.44. The Morgan fingerprint density at radius 1 is 1.33 bits per heavy atom. The first-order valence-corrected chi connectivity index (χ1v) is 7.78. The molecule has 114 valence electrons. The van der Waals surface area contributed by atoms with Gasteiger partial charge in [-0.25, -0.2) is 4.98 Å². The highest BCUT2D eigenvalue weighted by Crippen LogP contribution is 2.31. The van der Waals surface area contributed by atoms with Gasteiger partial charge in [-0.3, -0.25) is 9.78 Å². The molecule has 3 rings (SSSR count). The minimum atomic E-state index is 0.101. The van der Waals surface area contributed by atoms with Crippen LogP contribution in [0.4, 0.5) is 5.82 Å². The zero-order valence-corrected chi connectivity index (χ0v) is 12.2. The van der Waals surface area contributed by atoms with Gasteiger partial charge in [-0.1, -0.05) is 0 Å². The van der Waals surface area contributed by atoms with Crippen LogP contribution >= 0.6 is 0 Å². The molecule has 0 spiro atoms. The van der Waals surface area contributed by atoms with E-state index in [9.17, 15) is 4.79 Å². The summed E-state index contributed by atoms with van der Waals surface area (Å²) >= 11 is 0. The van der Waals surface area contributed by atoms with Gasteiger partial charge in [0.15, 0.2) is 0 Å². The maximum atomic E-state index is 12.2. The van der Waals surface area contributed by atoms with E-state index < -0.39 is 0 Å². The number of nitrogens with one attached hydrogen (secondary N) is 1. The minimum absolute atomic E-state index is 0.101. The zero-order valence-electron chi connectivity index (χ0n) is 12.2. The van der Waals surface area contributed by atoms with Crippen molar-refractivity contribution in [1.82, 2.24) is 15.3 Å². The maximum absolute atomic E-state index is 12.2. The van der Waals surface area contributed by atoms with E-state index in [0.29, 0.717) is 12.5 Å². The van der Waals surface area contributed by atoms with Crippen LogP contribution < -0.4 is 16.0 Å². The van der Waals surface area contributed by atoms with Crippen molar-refractivity contribution >= 4 is 11.7 Å². The number of hydrogen-bond acceptors (Lipinski definition) is 5. The molecule has 1 aromatic rings. The summed E-state index contributed by atoms with van der Waals surface area (Å²) in [4.78, 5) is 22.8. The van der Waals surface area contributed by atoms with Crippen LogP contribution in [0.5, 0.6) is 0 Å². The molecule has 1 unspecified atom stereocenters. The molecular weight excluding hydrogens is 266 g/mol. The van der Waals surface area contributed by atoms with Gasteiger partial charge in [0.1, 0.15) is 5.82 Å². The van der Waals surface area contributed by atoms with Gasteiger partial charge < -0.3 is 16.0 Å². The van der Waals surface area contributed by atoms with Gasteiger partial charge in [0.25, 0.3) is 0 Å². The Labute approximate surface area is 125 Å². The number of piperidine rings is 1. The molecule has 2 fully saturated rings. The number of anilines is 1. The second kappa shape index (κ2) is 6.39. The SMILES string of the molecule is NC(CNC(=O)C1CCN(c2cnccn2)CC1)C1CC1. The fourth-order valence-corrected chi connectivity index (χ4v) is 2.88. The van der Waals surface area contributed by atoms with Crippen LogP contribution in [0.1, 0.15) is 25.7 Å². The summed E-state index contributed by atoms with van der Waals surface area (Å²) in [5.41, 5.74) is 6.02. The Morgan fingerprint density at radius 2 is 2.10 bits per heavy atom. The molecule has 1 aliphatic carbocycles. The van der Waals surface area contributed by atoms with Crippen LogP contribution in [-0.4, -0.2) is 41.6 Å². The van der Waals surface area contributed by atoms with Gasteiger partial charge in [0.05, 0.1) is 6.20 Å². The number of rotatable bonds is 5. The van der Waals surface area contributed by atoms with Crippen molar-refractivity contribution in [1.29, 1.82) is 0 Å². The third kappa shape index (κ3) is 3.69. The molecule has 6 nitrogen and oxygen atoms in total. The van der Waals surface area contributed by atoms with Gasteiger partial charge in [-0.15, -0.1) is 0 Å². The lowest BCUT2D eigenvalue weighted by molar-refractivity contribution is -0.125. The number of carbonyl (C=O) groups excluding carboxylic acids is 1. The molecule has 1 aliphatic heterocycles. The van der Waals surface area contributed by atoms with Gasteiger partial charge >= 0.3 is 0 Å². The quantitative estimate of drug-likeness (QED) is 0.827. The molecule has 3 N–H and O–H groups in total. The molecular formula is C15H23N5O. The number of aromatic nitrogens is 2. The molecule has 2 aliphatic rings. The summed E-state index contributed by atoms with van der Waals surface area (Å²) in [5, 5.41) is 3.02. The number of nitrogens with two attached hydrogens (primary N) is 1. The van der Waals surface area contributed by atoms with E-state index in [4.69, 9.17) is 5.73 Å². The average Bonchev–Trinajstić information content (AvgIpc) is 3.38. The third-order valence-corrected chi connectivity index (χ3v) is 4.48. The second-order valence-corrected chi connectivity index (χ2v) is 6.07. The first-order chi connectivity index (χ1) is 10.2. The van der Waals surface area contributed by atoms with E-state index in [1.165, 1.54) is 12.8 Å². The van der Waals surface area contributed by atoms with Crippen molar-refractivity contribution in [2.24, 2.45) is 17.6 Å². The van der Waals surface area contributed by atoms with Gasteiger partial charge in [0.2, 0.25) is 5.91 Å². The number of hydrogen-bond donors (Lipinski definition) is 2. The Balaban J connectivity index is 1.43. The molecule has 6 heteroatoms. The third-order valence-electron chi connectivity index (χ3n) is 4.48. The highest BCUT2D eigenvalue weighted by molar-refractivity contribution is 5.79. The molecule has 1 atom stereocenters. The van der Waals surface area contributed by atoms with Crippen LogP contribution in [0.25, 0.3) is 0 Å². The van der Waals surface area contributed by atoms with Crippen molar-refractivity contribution in [3.63, 3.8) is 0 Å². The molecule has 0 radical (unpaired) electrons. The highest BCUT2D eigenvalue weighted by atomic mass is 16.1. The minimum Gasteiger partial charge on any atom is -0.355 e. The summed E-state index contributed by atoms with van der Waals surface area (Å²) in [5.74, 6) is 1.78. The summed E-state index contributed by atoms with van der Waals surface area (Å²) in [6.45, 7) is 2.32. The van der Waals surface area contributed by atoms with Crippen LogP contribution in [0, 0.1) is 11.8 Å². The fourth-order valence-electron chi connectivity index (χ4n) is 2.88. The lowest BCUT2D eigenvalue weighted by Gasteiger charge is -2.32. The first kappa shape index (κ1) is 14.3. The summed E-state index contributed by atoms with van der Waals surface area (Å²) in [6.07, 6.45) is 9.30. The molecule has 1 saturated heterocycles. The van der Waals surface area contributed by atoms with Crippen molar-refractivity contribution in [2.45, 2.75) is 31.7 Å². The van der Waals surface area contributed by atoms with Crippen LogP contribution in [0.3, 0.4) is 0 Å². The molecule has 1 amide bonds. The van der Waals surface area contributed by atoms with E-state index in [0.717, 1.165) is 31.7 Å². The fraction of sp³-hybridized carbons (Fsp3) is 0.667. The zero-order chi connectivity index (χ0) is 14.7. The summed E-state index contributed by atoms with van der Waals surface area (Å²) in [7, 11) is 0. The Hall–Kier alpha value is -1.69. The summed E-state index contributed by atoms with van der Waals surface area (Å²) < 4.78 is 0. The maximum Gasteiger partial charge on any atom is 0.223 e. The Bertz CT molecular complexity index is 468. The van der Waals surface area contributed by atoms with E-state index in [2.05, 4.69) is 20.2 Å². The van der Waals surface area contributed by atoms with E-state index in [-0.39, 0.29) is 17.9 Å². The monoisotopic (exact) mass is 289 g/mol. The molecule has 0 bridgehead atoms. The number of amides is 1. The van der Waals surface area contributed by atoms with Crippen LogP contribution in [-0.2, 0) is 4.79 Å². The predicted molar refractivity (Wildman–Crippen MR) is 80.7 cm³/mol. The summed E-state index contributed by atoms with van der Waals surface area (Å²) in [6, 6.07) is 0.133. The largest absolute Gasteiger partial charge is 0.355 e. The van der Waals surface area contributed by atoms with Crippen molar-refractivity contribution in [2.75, 3.05) is 24.5 Å². The van der Waals surface area contributed by atoms with Crippen molar-refractivity contribution in [3.8, 4) is 0 Å². The Morgan fingerprint density at radius 3 is 2.71 bits per heavy atom. The predicted octanol–water partition coefficient (Wildman–Crippen LogP) is 0.547. The average molecular weight is 289 g/mol. The van der Waals surface area contributed by atoms with Gasteiger partial charge in [-0.2, -0.15) is 0 Å². The van der Waals surface area contributed by atoms with E-state index >= 15 is 0 Å². The lowest BCUT2D eigenvalue weighted by atomic mass is 9.96. The van der Waals surface area contributed by atoms with Crippen LogP contribution in [0.2, 0.25) is 0 Å².